The third-order valence-corrected chi connectivity index (χ3v) is 7.26. The van der Waals surface area contributed by atoms with Gasteiger partial charge in [-0.05, 0) is 57.2 Å². The summed E-state index contributed by atoms with van der Waals surface area (Å²) in [4.78, 5) is 24.3. The predicted octanol–water partition coefficient (Wildman–Crippen LogP) is 3.22. The standard InChI is InChI=1S/C23H31N5O3S/c1-22(2,15-29)27-21(30)24-17-6-4-16(5-7-17)20-25-18(23(32-3)8-9-23)14-19(26-20)28-10-12-31-13-11-28/h4-7,14,29H,8-13,15H2,1-3H3,(H2,24,27,30). The van der Waals surface area contributed by atoms with Gasteiger partial charge in [-0.3, -0.25) is 0 Å². The summed E-state index contributed by atoms with van der Waals surface area (Å²) >= 11 is 1.86. The molecule has 1 aromatic carbocycles. The van der Waals surface area contributed by atoms with Crippen molar-refractivity contribution in [2.45, 2.75) is 37.0 Å². The lowest BCUT2D eigenvalue weighted by atomic mass is 10.1. The van der Waals surface area contributed by atoms with Crippen molar-refractivity contribution in [3.05, 3.63) is 36.0 Å². The van der Waals surface area contributed by atoms with E-state index < -0.39 is 5.54 Å². The van der Waals surface area contributed by atoms with E-state index in [0.29, 0.717) is 24.7 Å². The molecule has 4 rings (SSSR count). The first-order valence-electron chi connectivity index (χ1n) is 10.9. The Balaban J connectivity index is 1.57. The number of ether oxygens (including phenoxy) is 1. The number of aliphatic hydroxyl groups excluding tert-OH is 1. The summed E-state index contributed by atoms with van der Waals surface area (Å²) in [5.41, 5.74) is 1.96. The largest absolute Gasteiger partial charge is 0.394 e. The maximum absolute atomic E-state index is 12.2. The minimum absolute atomic E-state index is 0.0951. The maximum atomic E-state index is 12.2. The zero-order chi connectivity index (χ0) is 22.8. The summed E-state index contributed by atoms with van der Waals surface area (Å²) < 4.78 is 5.60. The van der Waals surface area contributed by atoms with Crippen molar-refractivity contribution in [1.29, 1.82) is 0 Å². The lowest BCUT2D eigenvalue weighted by molar-refractivity contribution is 0.122. The van der Waals surface area contributed by atoms with E-state index in [1.165, 1.54) is 0 Å². The third-order valence-electron chi connectivity index (χ3n) is 5.86. The summed E-state index contributed by atoms with van der Waals surface area (Å²) in [6, 6.07) is 9.31. The fourth-order valence-electron chi connectivity index (χ4n) is 3.64. The van der Waals surface area contributed by atoms with Crippen molar-refractivity contribution in [2.24, 2.45) is 0 Å². The molecule has 8 nitrogen and oxygen atoms in total. The molecule has 172 valence electrons. The first-order chi connectivity index (χ1) is 15.3. The van der Waals surface area contributed by atoms with Crippen molar-refractivity contribution in [1.82, 2.24) is 15.3 Å². The molecule has 1 aromatic heterocycles. The second-order valence-electron chi connectivity index (χ2n) is 8.93. The van der Waals surface area contributed by atoms with Gasteiger partial charge in [0, 0.05) is 30.4 Å². The average Bonchev–Trinajstić information content (AvgIpc) is 3.61. The van der Waals surface area contributed by atoms with Crippen LogP contribution in [0.2, 0.25) is 0 Å². The molecule has 2 fully saturated rings. The molecule has 2 heterocycles. The number of carbonyl (C=O) groups is 1. The number of morpholine rings is 1. The molecule has 32 heavy (non-hydrogen) atoms. The molecule has 0 bridgehead atoms. The normalized spacial score (nSPS) is 17.7. The maximum Gasteiger partial charge on any atom is 0.319 e. The van der Waals surface area contributed by atoms with Crippen molar-refractivity contribution in [2.75, 3.05) is 49.4 Å². The quantitative estimate of drug-likeness (QED) is 0.587. The molecule has 0 unspecified atom stereocenters. The Labute approximate surface area is 193 Å². The number of urea groups is 1. The van der Waals surface area contributed by atoms with E-state index in [-0.39, 0.29) is 17.4 Å². The van der Waals surface area contributed by atoms with Gasteiger partial charge in [0.05, 0.1) is 35.8 Å². The van der Waals surface area contributed by atoms with Crippen LogP contribution in [0.15, 0.2) is 30.3 Å². The number of carbonyl (C=O) groups excluding carboxylic acids is 1. The number of nitrogens with zero attached hydrogens (tertiary/aromatic N) is 3. The summed E-state index contributed by atoms with van der Waals surface area (Å²) in [5.74, 6) is 1.64. The molecule has 1 aliphatic heterocycles. The molecule has 2 aliphatic rings. The molecule has 2 aromatic rings. The summed E-state index contributed by atoms with van der Waals surface area (Å²) in [5, 5.41) is 14.9. The van der Waals surface area contributed by atoms with Gasteiger partial charge in [-0.25, -0.2) is 14.8 Å². The predicted molar refractivity (Wildman–Crippen MR) is 128 cm³/mol. The highest BCUT2D eigenvalue weighted by Gasteiger charge is 2.45. The van der Waals surface area contributed by atoms with Crippen molar-refractivity contribution in [3.8, 4) is 11.4 Å². The Hall–Kier alpha value is -2.36. The molecule has 1 saturated heterocycles. The zero-order valence-corrected chi connectivity index (χ0v) is 19.7. The van der Waals surface area contributed by atoms with Crippen molar-refractivity contribution < 1.29 is 14.6 Å². The Morgan fingerprint density at radius 1 is 1.22 bits per heavy atom. The molecule has 1 aliphatic carbocycles. The molecule has 1 saturated carbocycles. The van der Waals surface area contributed by atoms with E-state index >= 15 is 0 Å². The van der Waals surface area contributed by atoms with Crippen LogP contribution < -0.4 is 15.5 Å². The fourth-order valence-corrected chi connectivity index (χ4v) is 4.47. The average molecular weight is 458 g/mol. The number of thioether (sulfide) groups is 1. The molecular formula is C23H31N5O3S. The Bertz CT molecular complexity index is 957. The minimum Gasteiger partial charge on any atom is -0.394 e. The first kappa shape index (κ1) is 22.8. The number of benzene rings is 1. The molecule has 0 spiro atoms. The highest BCUT2D eigenvalue weighted by Crippen LogP contribution is 2.55. The Morgan fingerprint density at radius 2 is 1.91 bits per heavy atom. The first-order valence-corrected chi connectivity index (χ1v) is 12.1. The fraction of sp³-hybridized carbons (Fsp3) is 0.522. The number of hydrogen-bond donors (Lipinski definition) is 3. The second kappa shape index (κ2) is 9.25. The van der Waals surface area contributed by atoms with Crippen LogP contribution in [-0.2, 0) is 9.48 Å². The number of anilines is 2. The number of aliphatic hydroxyl groups is 1. The van der Waals surface area contributed by atoms with Gasteiger partial charge < -0.3 is 25.4 Å². The van der Waals surface area contributed by atoms with Crippen LogP contribution in [0, 0.1) is 0 Å². The minimum atomic E-state index is -0.690. The van der Waals surface area contributed by atoms with E-state index in [4.69, 9.17) is 14.7 Å². The van der Waals surface area contributed by atoms with Gasteiger partial charge >= 0.3 is 6.03 Å². The SMILES string of the molecule is CSC1(c2cc(N3CCOCC3)nc(-c3ccc(NC(=O)NC(C)(C)CO)cc3)n2)CC1. The Morgan fingerprint density at radius 3 is 2.50 bits per heavy atom. The van der Waals surface area contributed by atoms with Crippen LogP contribution in [0.1, 0.15) is 32.4 Å². The number of aromatic nitrogens is 2. The molecular weight excluding hydrogens is 426 g/mol. The van der Waals surface area contributed by atoms with Crippen molar-refractivity contribution in [3.63, 3.8) is 0 Å². The van der Waals surface area contributed by atoms with Gasteiger partial charge in [0.2, 0.25) is 0 Å². The van der Waals surface area contributed by atoms with Gasteiger partial charge in [0.15, 0.2) is 5.82 Å². The van der Waals surface area contributed by atoms with Crippen molar-refractivity contribution >= 4 is 29.3 Å². The van der Waals surface area contributed by atoms with Gasteiger partial charge in [0.1, 0.15) is 5.82 Å². The van der Waals surface area contributed by atoms with Crippen LogP contribution in [-0.4, -0.2) is 65.8 Å². The number of amides is 2. The van der Waals surface area contributed by atoms with Gasteiger partial charge in [-0.2, -0.15) is 11.8 Å². The molecule has 0 radical (unpaired) electrons. The van der Waals surface area contributed by atoms with Gasteiger partial charge in [-0.1, -0.05) is 0 Å². The third kappa shape index (κ3) is 5.16. The van der Waals surface area contributed by atoms with E-state index in [2.05, 4.69) is 27.9 Å². The summed E-state index contributed by atoms with van der Waals surface area (Å²) in [7, 11) is 0. The smallest absolute Gasteiger partial charge is 0.319 e. The topological polar surface area (TPSA) is 99.6 Å². The van der Waals surface area contributed by atoms with E-state index in [0.717, 1.165) is 43.0 Å². The second-order valence-corrected chi connectivity index (χ2v) is 10.1. The van der Waals surface area contributed by atoms with E-state index in [1.54, 1.807) is 13.8 Å². The van der Waals surface area contributed by atoms with Gasteiger partial charge in [0.25, 0.3) is 0 Å². The van der Waals surface area contributed by atoms with Gasteiger partial charge in [-0.15, -0.1) is 0 Å². The molecule has 2 amide bonds. The highest BCUT2D eigenvalue weighted by atomic mass is 32.2. The van der Waals surface area contributed by atoms with Crippen LogP contribution in [0.5, 0.6) is 0 Å². The molecule has 3 N–H and O–H groups in total. The van der Waals surface area contributed by atoms with Crippen LogP contribution in [0.25, 0.3) is 11.4 Å². The van der Waals surface area contributed by atoms with Crippen LogP contribution >= 0.6 is 11.8 Å². The van der Waals surface area contributed by atoms with E-state index in [9.17, 15) is 9.90 Å². The van der Waals surface area contributed by atoms with Crippen LogP contribution in [0.3, 0.4) is 0 Å². The molecule has 9 heteroatoms. The monoisotopic (exact) mass is 457 g/mol. The lowest BCUT2D eigenvalue weighted by Crippen LogP contribution is -2.48. The summed E-state index contributed by atoms with van der Waals surface area (Å²) in [6.45, 7) is 6.43. The number of rotatable bonds is 7. The Kier molecular flexibility index (Phi) is 6.60. The van der Waals surface area contributed by atoms with Crippen LogP contribution in [0.4, 0.5) is 16.3 Å². The number of nitrogens with one attached hydrogen (secondary N) is 2. The lowest BCUT2D eigenvalue weighted by Gasteiger charge is -2.29. The summed E-state index contributed by atoms with van der Waals surface area (Å²) in [6.07, 6.45) is 4.41. The van der Waals surface area contributed by atoms with E-state index in [1.807, 2.05) is 36.0 Å². The zero-order valence-electron chi connectivity index (χ0n) is 18.9. The number of hydrogen-bond acceptors (Lipinski definition) is 7. The molecule has 0 atom stereocenters. The highest BCUT2D eigenvalue weighted by molar-refractivity contribution is 7.99.